The Hall–Kier alpha value is -1.58. The van der Waals surface area contributed by atoms with Gasteiger partial charge in [-0.3, -0.25) is 0 Å². The van der Waals surface area contributed by atoms with Gasteiger partial charge < -0.3 is 15.9 Å². The predicted molar refractivity (Wildman–Crippen MR) is 70.7 cm³/mol. The van der Waals surface area contributed by atoms with Crippen LogP contribution in [0.4, 0.5) is 5.69 Å². The molecule has 0 aliphatic heterocycles. The fourth-order valence-electron chi connectivity index (χ4n) is 1.38. The van der Waals surface area contributed by atoms with Crippen molar-refractivity contribution in [1.29, 1.82) is 5.41 Å². The molecule has 1 unspecified atom stereocenters. The smallest absolute Gasteiger partial charge is 0.224 e. The van der Waals surface area contributed by atoms with Gasteiger partial charge >= 0.3 is 0 Å². The highest BCUT2D eigenvalue weighted by Gasteiger charge is 2.18. The molecule has 94 valence electrons. The number of nitrogens with one attached hydrogen (secondary N) is 1. The molecule has 0 amide bonds. The molecule has 17 heavy (non-hydrogen) atoms. The van der Waals surface area contributed by atoms with E-state index < -0.39 is 0 Å². The Morgan fingerprint density at radius 1 is 1.47 bits per heavy atom. The molecule has 3 N–H and O–H groups in total. The van der Waals surface area contributed by atoms with Gasteiger partial charge in [0.15, 0.2) is 0 Å². The second-order valence-electron chi connectivity index (χ2n) is 4.49. The molecule has 4 nitrogen and oxygen atoms in total. The molecular weight excluding hydrogens is 214 g/mol. The number of nitrogen functional groups attached to an aromatic ring is 1. The Morgan fingerprint density at radius 3 is 2.65 bits per heavy atom. The van der Waals surface area contributed by atoms with Crippen LogP contribution in [0.25, 0.3) is 0 Å². The SMILES string of the molecule is CCC(C)Oc1nccc(N)c1C(=N)C(C)C. The van der Waals surface area contributed by atoms with Crippen LogP contribution < -0.4 is 10.5 Å². The monoisotopic (exact) mass is 235 g/mol. The number of nitrogens with zero attached hydrogens (tertiary/aromatic N) is 1. The highest BCUT2D eigenvalue weighted by atomic mass is 16.5. The Kier molecular flexibility index (Phi) is 4.49. The van der Waals surface area contributed by atoms with Crippen LogP contribution >= 0.6 is 0 Å². The number of pyridine rings is 1. The normalized spacial score (nSPS) is 12.5. The molecule has 0 bridgehead atoms. The van der Waals surface area contributed by atoms with Gasteiger partial charge in [-0.15, -0.1) is 0 Å². The second kappa shape index (κ2) is 5.66. The number of anilines is 1. The molecule has 0 fully saturated rings. The molecule has 4 heteroatoms. The molecule has 0 spiro atoms. The first-order valence-corrected chi connectivity index (χ1v) is 5.97. The Bertz CT molecular complexity index is 402. The molecular formula is C13H21N3O. The maximum atomic E-state index is 8.07. The van der Waals surface area contributed by atoms with Crippen molar-refractivity contribution in [3.63, 3.8) is 0 Å². The van der Waals surface area contributed by atoms with Crippen molar-refractivity contribution >= 4 is 11.4 Å². The molecule has 0 saturated heterocycles. The fourth-order valence-corrected chi connectivity index (χ4v) is 1.38. The van der Waals surface area contributed by atoms with Crippen molar-refractivity contribution in [3.8, 4) is 5.88 Å². The lowest BCUT2D eigenvalue weighted by Crippen LogP contribution is -2.17. The lowest BCUT2D eigenvalue weighted by Gasteiger charge is -2.18. The molecule has 0 saturated carbocycles. The lowest BCUT2D eigenvalue weighted by atomic mass is 10.00. The Labute approximate surface area is 103 Å². The van der Waals surface area contributed by atoms with Crippen molar-refractivity contribution in [1.82, 2.24) is 4.98 Å². The number of hydrogen-bond donors (Lipinski definition) is 2. The quantitative estimate of drug-likeness (QED) is 0.771. The Morgan fingerprint density at radius 2 is 2.12 bits per heavy atom. The molecule has 1 heterocycles. The maximum absolute atomic E-state index is 8.07. The third-order valence-corrected chi connectivity index (χ3v) is 2.68. The van der Waals surface area contributed by atoms with Crippen LogP contribution in [-0.4, -0.2) is 16.8 Å². The molecule has 1 rings (SSSR count). The van der Waals surface area contributed by atoms with Crippen molar-refractivity contribution in [2.75, 3.05) is 5.73 Å². The van der Waals surface area contributed by atoms with Gasteiger partial charge in [0.2, 0.25) is 5.88 Å². The number of rotatable bonds is 5. The Balaban J connectivity index is 3.13. The minimum absolute atomic E-state index is 0.0722. The van der Waals surface area contributed by atoms with Crippen molar-refractivity contribution in [2.24, 2.45) is 5.92 Å². The number of nitrogens with two attached hydrogens (primary N) is 1. The second-order valence-corrected chi connectivity index (χ2v) is 4.49. The summed E-state index contributed by atoms with van der Waals surface area (Å²) in [5.74, 6) is 0.568. The fraction of sp³-hybridized carbons (Fsp3) is 0.538. The van der Waals surface area contributed by atoms with E-state index in [9.17, 15) is 0 Å². The van der Waals surface area contributed by atoms with Crippen LogP contribution in [-0.2, 0) is 0 Å². The van der Waals surface area contributed by atoms with E-state index in [1.165, 1.54) is 0 Å². The summed E-state index contributed by atoms with van der Waals surface area (Å²) in [5, 5.41) is 8.07. The van der Waals surface area contributed by atoms with E-state index in [0.717, 1.165) is 6.42 Å². The summed E-state index contributed by atoms with van der Waals surface area (Å²) in [7, 11) is 0. The molecule has 0 aromatic carbocycles. The van der Waals surface area contributed by atoms with E-state index in [0.29, 0.717) is 22.8 Å². The molecule has 1 atom stereocenters. The van der Waals surface area contributed by atoms with E-state index in [4.69, 9.17) is 15.9 Å². The van der Waals surface area contributed by atoms with Crippen molar-refractivity contribution < 1.29 is 4.74 Å². The number of ether oxygens (including phenoxy) is 1. The summed E-state index contributed by atoms with van der Waals surface area (Å²) in [5.41, 5.74) is 7.56. The first-order chi connectivity index (χ1) is 7.97. The van der Waals surface area contributed by atoms with Gasteiger partial charge in [-0.2, -0.15) is 0 Å². The zero-order chi connectivity index (χ0) is 13.0. The lowest BCUT2D eigenvalue weighted by molar-refractivity contribution is 0.208. The first-order valence-electron chi connectivity index (χ1n) is 5.97. The van der Waals surface area contributed by atoms with E-state index >= 15 is 0 Å². The summed E-state index contributed by atoms with van der Waals surface area (Å²) in [6.45, 7) is 7.95. The standard InChI is InChI=1S/C13H21N3O/c1-5-9(4)17-13-11(12(15)8(2)3)10(14)6-7-16-13/h6-9,15H,5H2,1-4H3,(H2,14,16). The molecule has 1 aromatic rings. The average Bonchev–Trinajstić information content (AvgIpc) is 2.28. The van der Waals surface area contributed by atoms with Crippen LogP contribution in [0.5, 0.6) is 5.88 Å². The summed E-state index contributed by atoms with van der Waals surface area (Å²) >= 11 is 0. The van der Waals surface area contributed by atoms with Crippen LogP contribution in [0.3, 0.4) is 0 Å². The topological polar surface area (TPSA) is 72.0 Å². The third-order valence-electron chi connectivity index (χ3n) is 2.68. The van der Waals surface area contributed by atoms with E-state index in [1.807, 2.05) is 27.7 Å². The zero-order valence-corrected chi connectivity index (χ0v) is 10.9. The molecule has 0 aliphatic carbocycles. The summed E-state index contributed by atoms with van der Waals surface area (Å²) < 4.78 is 5.71. The van der Waals surface area contributed by atoms with Crippen molar-refractivity contribution in [3.05, 3.63) is 17.8 Å². The molecule has 0 radical (unpaired) electrons. The maximum Gasteiger partial charge on any atom is 0.224 e. The van der Waals surface area contributed by atoms with E-state index in [1.54, 1.807) is 12.3 Å². The highest BCUT2D eigenvalue weighted by molar-refractivity contribution is 6.05. The van der Waals surface area contributed by atoms with Gasteiger partial charge in [-0.1, -0.05) is 20.8 Å². The van der Waals surface area contributed by atoms with Crippen LogP contribution in [0.2, 0.25) is 0 Å². The summed E-state index contributed by atoms with van der Waals surface area (Å²) in [4.78, 5) is 4.19. The van der Waals surface area contributed by atoms with Gasteiger partial charge in [-0.05, 0) is 25.3 Å². The van der Waals surface area contributed by atoms with Gasteiger partial charge in [0.1, 0.15) is 0 Å². The predicted octanol–water partition coefficient (Wildman–Crippen LogP) is 2.86. The van der Waals surface area contributed by atoms with Gasteiger partial charge in [0.25, 0.3) is 0 Å². The van der Waals surface area contributed by atoms with E-state index in [2.05, 4.69) is 4.98 Å². The minimum atomic E-state index is 0.0722. The molecule has 0 aliphatic rings. The van der Waals surface area contributed by atoms with Gasteiger partial charge in [0, 0.05) is 17.6 Å². The van der Waals surface area contributed by atoms with Crippen LogP contribution in [0.1, 0.15) is 39.7 Å². The largest absolute Gasteiger partial charge is 0.474 e. The highest BCUT2D eigenvalue weighted by Crippen LogP contribution is 2.25. The minimum Gasteiger partial charge on any atom is -0.474 e. The van der Waals surface area contributed by atoms with Gasteiger partial charge in [0.05, 0.1) is 11.7 Å². The van der Waals surface area contributed by atoms with Crippen LogP contribution in [0.15, 0.2) is 12.3 Å². The summed E-state index contributed by atoms with van der Waals surface area (Å²) in [6, 6.07) is 1.70. The number of aromatic nitrogens is 1. The van der Waals surface area contributed by atoms with E-state index in [-0.39, 0.29) is 12.0 Å². The first kappa shape index (κ1) is 13.5. The average molecular weight is 235 g/mol. The third kappa shape index (κ3) is 3.19. The van der Waals surface area contributed by atoms with Gasteiger partial charge in [-0.25, -0.2) is 4.98 Å². The van der Waals surface area contributed by atoms with Crippen molar-refractivity contribution in [2.45, 2.75) is 40.2 Å². The summed E-state index contributed by atoms with van der Waals surface area (Å²) in [6.07, 6.45) is 2.58. The molecule has 1 aromatic heterocycles. The number of hydrogen-bond acceptors (Lipinski definition) is 4. The zero-order valence-electron chi connectivity index (χ0n) is 10.9. The van der Waals surface area contributed by atoms with Crippen LogP contribution in [0, 0.1) is 11.3 Å².